The number of aromatic nitrogens is 3. The fourth-order valence-corrected chi connectivity index (χ4v) is 5.58. The predicted molar refractivity (Wildman–Crippen MR) is 145 cm³/mol. The molecule has 1 aromatic carbocycles. The van der Waals surface area contributed by atoms with Crippen molar-refractivity contribution in [2.45, 2.75) is 44.6 Å². The second-order valence-corrected chi connectivity index (χ2v) is 10.6. The molecule has 9 nitrogen and oxygen atoms in total. The Hall–Kier alpha value is -2.86. The summed E-state index contributed by atoms with van der Waals surface area (Å²) in [6.07, 6.45) is 5.09. The molecule has 1 saturated heterocycles. The Morgan fingerprint density at radius 3 is 2.84 bits per heavy atom. The molecule has 37 heavy (non-hydrogen) atoms. The van der Waals surface area contributed by atoms with Crippen LogP contribution in [0.25, 0.3) is 21.6 Å². The Morgan fingerprint density at radius 2 is 2.16 bits per heavy atom. The Balaban J connectivity index is 1.62. The maximum atomic E-state index is 15.1. The number of benzene rings is 1. The van der Waals surface area contributed by atoms with Crippen LogP contribution in [-0.2, 0) is 11.3 Å². The number of aliphatic imine (C=N–C) groups is 1. The average Bonchev–Trinajstić information content (AvgIpc) is 3.64. The van der Waals surface area contributed by atoms with Crippen LogP contribution < -0.4 is 15.4 Å². The van der Waals surface area contributed by atoms with Gasteiger partial charge < -0.3 is 20.5 Å². The number of halogens is 2. The SMILES string of the molecule is CN=c1sc2c(-c3ccc(Cl)cc3F)nc(N3C[C@H](C)O[C@@H](C(C=NC4CC4)=CN)C3)nc2n1CCO. The number of morpholine rings is 1. The van der Waals surface area contributed by atoms with E-state index in [1.165, 1.54) is 23.6 Å². The maximum absolute atomic E-state index is 15.1. The highest BCUT2D eigenvalue weighted by Crippen LogP contribution is 2.34. The molecule has 2 atom stereocenters. The number of fused-ring (bicyclic) bond motifs is 1. The zero-order valence-electron chi connectivity index (χ0n) is 20.6. The van der Waals surface area contributed by atoms with Crippen molar-refractivity contribution in [3.05, 3.63) is 45.6 Å². The van der Waals surface area contributed by atoms with Crippen molar-refractivity contribution in [2.24, 2.45) is 15.7 Å². The molecule has 0 radical (unpaired) electrons. The molecule has 5 rings (SSSR count). The summed E-state index contributed by atoms with van der Waals surface area (Å²) < 4.78 is 23.8. The third-order valence-electron chi connectivity index (χ3n) is 6.31. The first-order valence-electron chi connectivity index (χ1n) is 12.2. The second kappa shape index (κ2) is 10.9. The summed E-state index contributed by atoms with van der Waals surface area (Å²) in [7, 11) is 1.67. The van der Waals surface area contributed by atoms with Gasteiger partial charge in [0, 0.05) is 42.2 Å². The molecule has 3 heterocycles. The van der Waals surface area contributed by atoms with E-state index in [0.29, 0.717) is 63.1 Å². The summed E-state index contributed by atoms with van der Waals surface area (Å²) in [6.45, 7) is 3.18. The molecule has 0 unspecified atom stereocenters. The topological polar surface area (TPSA) is 114 Å². The van der Waals surface area contributed by atoms with Gasteiger partial charge in [0.05, 0.1) is 37.5 Å². The molecule has 1 aliphatic carbocycles. The maximum Gasteiger partial charge on any atom is 0.228 e. The van der Waals surface area contributed by atoms with Crippen LogP contribution in [0.4, 0.5) is 10.3 Å². The van der Waals surface area contributed by atoms with Crippen LogP contribution in [0.3, 0.4) is 0 Å². The standard InChI is InChI=1S/C25H29ClFN7O2S/c1-14-12-33(13-20(36-14)15(10-28)11-30-17-4-5-17)24-31-21(18-6-3-16(26)9-19(18)27)22-23(32-24)34(7-8-35)25(29-2)37-22/h3,6,9-11,14,17,20,35H,4-5,7-8,12-13,28H2,1-2H3/t14-,20+/m0/s1. The molecule has 2 aliphatic rings. The van der Waals surface area contributed by atoms with E-state index in [1.54, 1.807) is 25.4 Å². The van der Waals surface area contributed by atoms with Gasteiger partial charge in [-0.2, -0.15) is 4.98 Å². The normalized spacial score (nSPS) is 21.5. The van der Waals surface area contributed by atoms with Gasteiger partial charge in [0.1, 0.15) is 16.6 Å². The number of ether oxygens (including phenoxy) is 1. The van der Waals surface area contributed by atoms with Gasteiger partial charge in [-0.15, -0.1) is 0 Å². The molecule has 0 bridgehead atoms. The molecule has 3 aromatic rings. The van der Waals surface area contributed by atoms with Crippen LogP contribution >= 0.6 is 22.9 Å². The number of anilines is 1. The number of aliphatic hydroxyl groups is 1. The number of hydrogen-bond acceptors (Lipinski definition) is 9. The molecule has 1 saturated carbocycles. The van der Waals surface area contributed by atoms with Gasteiger partial charge in [-0.3, -0.25) is 14.6 Å². The highest BCUT2D eigenvalue weighted by molar-refractivity contribution is 7.16. The van der Waals surface area contributed by atoms with Crippen LogP contribution in [0.1, 0.15) is 19.8 Å². The minimum absolute atomic E-state index is 0.0926. The summed E-state index contributed by atoms with van der Waals surface area (Å²) in [5.74, 6) is -0.0481. The largest absolute Gasteiger partial charge is 0.404 e. The number of nitrogens with two attached hydrogens (primary N) is 1. The highest BCUT2D eigenvalue weighted by Gasteiger charge is 2.31. The van der Waals surface area contributed by atoms with E-state index in [4.69, 9.17) is 32.0 Å². The van der Waals surface area contributed by atoms with Gasteiger partial charge in [-0.25, -0.2) is 9.37 Å². The lowest BCUT2D eigenvalue weighted by Crippen LogP contribution is -2.48. The lowest BCUT2D eigenvalue weighted by molar-refractivity contribution is 0.00666. The molecule has 196 valence electrons. The van der Waals surface area contributed by atoms with E-state index < -0.39 is 5.82 Å². The third kappa shape index (κ3) is 5.40. The Bertz CT molecular complexity index is 1430. The summed E-state index contributed by atoms with van der Waals surface area (Å²) in [6, 6.07) is 4.90. The van der Waals surface area contributed by atoms with Gasteiger partial charge >= 0.3 is 0 Å². The minimum Gasteiger partial charge on any atom is -0.404 e. The molecule has 1 aliphatic heterocycles. The highest BCUT2D eigenvalue weighted by atomic mass is 35.5. The van der Waals surface area contributed by atoms with Crippen LogP contribution in [0.2, 0.25) is 5.02 Å². The van der Waals surface area contributed by atoms with Crippen molar-refractivity contribution in [1.29, 1.82) is 0 Å². The zero-order valence-corrected chi connectivity index (χ0v) is 22.2. The Morgan fingerprint density at radius 1 is 1.35 bits per heavy atom. The van der Waals surface area contributed by atoms with Crippen molar-refractivity contribution in [3.8, 4) is 11.3 Å². The van der Waals surface area contributed by atoms with Crippen LogP contribution in [0, 0.1) is 5.82 Å². The Kier molecular flexibility index (Phi) is 7.57. The van der Waals surface area contributed by atoms with Crippen molar-refractivity contribution in [1.82, 2.24) is 14.5 Å². The number of rotatable bonds is 7. The van der Waals surface area contributed by atoms with E-state index in [0.717, 1.165) is 18.4 Å². The lowest BCUT2D eigenvalue weighted by Gasteiger charge is -2.37. The van der Waals surface area contributed by atoms with E-state index in [9.17, 15) is 5.11 Å². The first kappa shape index (κ1) is 25.8. The summed E-state index contributed by atoms with van der Waals surface area (Å²) >= 11 is 7.38. The molecule has 2 fully saturated rings. The first-order valence-corrected chi connectivity index (χ1v) is 13.4. The van der Waals surface area contributed by atoms with Crippen molar-refractivity contribution in [3.63, 3.8) is 0 Å². The van der Waals surface area contributed by atoms with Crippen molar-refractivity contribution in [2.75, 3.05) is 31.6 Å². The van der Waals surface area contributed by atoms with Gasteiger partial charge in [0.25, 0.3) is 0 Å². The molecular formula is C25H29ClFN7O2S. The monoisotopic (exact) mass is 545 g/mol. The minimum atomic E-state index is -0.478. The van der Waals surface area contributed by atoms with E-state index in [2.05, 4.69) is 9.98 Å². The third-order valence-corrected chi connectivity index (χ3v) is 7.71. The molecular weight excluding hydrogens is 517 g/mol. The van der Waals surface area contributed by atoms with Gasteiger partial charge in [-0.1, -0.05) is 22.9 Å². The fraction of sp³-hybridized carbons (Fsp3) is 0.440. The number of hydrogen-bond donors (Lipinski definition) is 2. The summed E-state index contributed by atoms with van der Waals surface area (Å²) in [5.41, 5.74) is 8.08. The fourth-order valence-electron chi connectivity index (χ4n) is 4.36. The van der Waals surface area contributed by atoms with E-state index in [-0.39, 0.29) is 18.8 Å². The van der Waals surface area contributed by atoms with E-state index >= 15 is 4.39 Å². The van der Waals surface area contributed by atoms with E-state index in [1.807, 2.05) is 16.4 Å². The summed E-state index contributed by atoms with van der Waals surface area (Å²) in [4.78, 5) is 21.3. The van der Waals surface area contributed by atoms with Crippen LogP contribution in [-0.4, -0.2) is 70.9 Å². The molecule has 2 aromatic heterocycles. The molecule has 0 amide bonds. The average molecular weight is 546 g/mol. The van der Waals surface area contributed by atoms with Gasteiger partial charge in [-0.05, 0) is 38.0 Å². The number of aliphatic hydroxyl groups excluding tert-OH is 1. The van der Waals surface area contributed by atoms with Crippen LogP contribution in [0.5, 0.6) is 0 Å². The van der Waals surface area contributed by atoms with Crippen LogP contribution in [0.15, 0.2) is 40.0 Å². The molecule has 12 heteroatoms. The lowest BCUT2D eigenvalue weighted by atomic mass is 10.1. The smallest absolute Gasteiger partial charge is 0.228 e. The quantitative estimate of drug-likeness (QED) is 0.441. The van der Waals surface area contributed by atoms with Gasteiger partial charge in [0.2, 0.25) is 5.95 Å². The second-order valence-electron chi connectivity index (χ2n) is 9.15. The number of thiazole rings is 1. The molecule has 3 N–H and O–H groups in total. The molecule has 0 spiro atoms. The zero-order chi connectivity index (χ0) is 26.1. The predicted octanol–water partition coefficient (Wildman–Crippen LogP) is 3.14. The first-order chi connectivity index (χ1) is 17.9. The van der Waals surface area contributed by atoms with Crippen molar-refractivity contribution < 1.29 is 14.2 Å². The Labute approximate surface area is 222 Å². The number of nitrogens with zero attached hydrogens (tertiary/aromatic N) is 6. The van der Waals surface area contributed by atoms with Gasteiger partial charge in [0.15, 0.2) is 10.4 Å². The summed E-state index contributed by atoms with van der Waals surface area (Å²) in [5, 5.41) is 10.0. The van der Waals surface area contributed by atoms with Crippen molar-refractivity contribution >= 4 is 45.4 Å².